The van der Waals surface area contributed by atoms with Crippen molar-refractivity contribution in [1.82, 2.24) is 5.32 Å². The molecule has 0 saturated carbocycles. The molecule has 0 aromatic heterocycles. The standard InChI is InChI=1S/C25H28ClN3/c26-23-9-11-25(12-10-23)29(17-20-7-4-8-24(27)14-20)18-22-16-28-15-21(22)13-19-5-2-1-3-6-19/h1-12,14,21-22,28H,13,15-18,27H2. The highest BCUT2D eigenvalue weighted by Gasteiger charge is 2.29. The largest absolute Gasteiger partial charge is 0.399 e. The van der Waals surface area contributed by atoms with Crippen molar-refractivity contribution in [1.29, 1.82) is 0 Å². The molecule has 0 radical (unpaired) electrons. The van der Waals surface area contributed by atoms with E-state index in [1.165, 1.54) is 16.8 Å². The molecular weight excluding hydrogens is 378 g/mol. The molecule has 3 nitrogen and oxygen atoms in total. The number of hydrogen-bond acceptors (Lipinski definition) is 3. The van der Waals surface area contributed by atoms with Crippen LogP contribution in [-0.4, -0.2) is 19.6 Å². The fraction of sp³-hybridized carbons (Fsp3) is 0.280. The Hall–Kier alpha value is -2.49. The van der Waals surface area contributed by atoms with Crippen LogP contribution >= 0.6 is 11.6 Å². The van der Waals surface area contributed by atoms with Crippen LogP contribution in [0.5, 0.6) is 0 Å². The first-order chi connectivity index (χ1) is 14.2. The zero-order valence-corrected chi connectivity index (χ0v) is 17.4. The summed E-state index contributed by atoms with van der Waals surface area (Å²) in [7, 11) is 0. The molecule has 1 fully saturated rings. The van der Waals surface area contributed by atoms with Crippen LogP contribution in [0, 0.1) is 11.8 Å². The molecule has 1 saturated heterocycles. The highest BCUT2D eigenvalue weighted by molar-refractivity contribution is 6.30. The molecule has 3 aromatic rings. The zero-order valence-electron chi connectivity index (χ0n) is 16.6. The molecule has 0 amide bonds. The van der Waals surface area contributed by atoms with Crippen LogP contribution in [0.25, 0.3) is 0 Å². The molecule has 150 valence electrons. The van der Waals surface area contributed by atoms with Crippen molar-refractivity contribution < 1.29 is 0 Å². The zero-order chi connectivity index (χ0) is 20.1. The van der Waals surface area contributed by atoms with Crippen LogP contribution in [0.1, 0.15) is 11.1 Å². The maximum atomic E-state index is 6.14. The minimum Gasteiger partial charge on any atom is -0.399 e. The van der Waals surface area contributed by atoms with Crippen molar-refractivity contribution in [2.45, 2.75) is 13.0 Å². The van der Waals surface area contributed by atoms with Crippen LogP contribution in [0.3, 0.4) is 0 Å². The van der Waals surface area contributed by atoms with Crippen molar-refractivity contribution >= 4 is 23.0 Å². The van der Waals surface area contributed by atoms with Gasteiger partial charge in [0.05, 0.1) is 0 Å². The second-order valence-corrected chi connectivity index (χ2v) is 8.41. The number of rotatable bonds is 7. The van der Waals surface area contributed by atoms with Crippen LogP contribution in [-0.2, 0) is 13.0 Å². The summed E-state index contributed by atoms with van der Waals surface area (Å²) in [4.78, 5) is 2.46. The van der Waals surface area contributed by atoms with Gasteiger partial charge >= 0.3 is 0 Å². The molecule has 0 bridgehead atoms. The number of nitrogens with one attached hydrogen (secondary N) is 1. The van der Waals surface area contributed by atoms with Gasteiger partial charge in [0.1, 0.15) is 0 Å². The number of benzene rings is 3. The smallest absolute Gasteiger partial charge is 0.0430 e. The molecular formula is C25H28ClN3. The van der Waals surface area contributed by atoms with Crippen molar-refractivity contribution in [2.75, 3.05) is 30.3 Å². The summed E-state index contributed by atoms with van der Waals surface area (Å²) >= 11 is 6.14. The van der Waals surface area contributed by atoms with E-state index in [-0.39, 0.29) is 0 Å². The summed E-state index contributed by atoms with van der Waals surface area (Å²) in [5.41, 5.74) is 10.7. The highest BCUT2D eigenvalue weighted by atomic mass is 35.5. The van der Waals surface area contributed by atoms with E-state index in [4.69, 9.17) is 17.3 Å². The lowest BCUT2D eigenvalue weighted by Crippen LogP contribution is -2.33. The van der Waals surface area contributed by atoms with Crippen molar-refractivity contribution in [3.8, 4) is 0 Å². The normalized spacial score (nSPS) is 18.7. The van der Waals surface area contributed by atoms with Crippen LogP contribution in [0.15, 0.2) is 78.9 Å². The lowest BCUT2D eigenvalue weighted by molar-refractivity contribution is 0.413. The van der Waals surface area contributed by atoms with E-state index < -0.39 is 0 Å². The van der Waals surface area contributed by atoms with Gasteiger partial charge in [0.25, 0.3) is 0 Å². The van der Waals surface area contributed by atoms with E-state index in [0.29, 0.717) is 11.8 Å². The molecule has 1 heterocycles. The highest BCUT2D eigenvalue weighted by Crippen LogP contribution is 2.27. The van der Waals surface area contributed by atoms with Gasteiger partial charge in [0, 0.05) is 29.5 Å². The Morgan fingerprint density at radius 1 is 0.862 bits per heavy atom. The van der Waals surface area contributed by atoms with Gasteiger partial charge in [-0.1, -0.05) is 54.1 Å². The number of anilines is 2. The third kappa shape index (κ3) is 5.31. The molecule has 1 aliphatic rings. The molecule has 1 aliphatic heterocycles. The van der Waals surface area contributed by atoms with Gasteiger partial charge < -0.3 is 16.0 Å². The third-order valence-electron chi connectivity index (χ3n) is 5.79. The Kier molecular flexibility index (Phi) is 6.38. The molecule has 3 aromatic carbocycles. The van der Waals surface area contributed by atoms with Crippen LogP contribution < -0.4 is 16.0 Å². The molecule has 4 rings (SSSR count). The molecule has 29 heavy (non-hydrogen) atoms. The first-order valence-corrected chi connectivity index (χ1v) is 10.6. The lowest BCUT2D eigenvalue weighted by Gasteiger charge is -2.30. The predicted octanol–water partition coefficient (Wildman–Crippen LogP) is 5.01. The van der Waals surface area contributed by atoms with Gasteiger partial charge in [0.2, 0.25) is 0 Å². The Balaban J connectivity index is 1.53. The Morgan fingerprint density at radius 3 is 2.34 bits per heavy atom. The maximum absolute atomic E-state index is 6.14. The SMILES string of the molecule is Nc1cccc(CN(CC2CNCC2Cc2ccccc2)c2ccc(Cl)cc2)c1. The Labute approximate surface area is 178 Å². The average Bonchev–Trinajstić information content (AvgIpc) is 3.15. The topological polar surface area (TPSA) is 41.3 Å². The third-order valence-corrected chi connectivity index (χ3v) is 6.04. The van der Waals surface area contributed by atoms with Gasteiger partial charge in [-0.15, -0.1) is 0 Å². The summed E-state index contributed by atoms with van der Waals surface area (Å²) in [5.74, 6) is 1.22. The second kappa shape index (κ2) is 9.34. The van der Waals surface area contributed by atoms with Gasteiger partial charge in [0.15, 0.2) is 0 Å². The lowest BCUT2D eigenvalue weighted by atomic mass is 9.89. The summed E-state index contributed by atoms with van der Waals surface area (Å²) < 4.78 is 0. The van der Waals surface area contributed by atoms with Crippen molar-refractivity contribution in [2.24, 2.45) is 11.8 Å². The number of nitrogen functional groups attached to an aromatic ring is 1. The summed E-state index contributed by atoms with van der Waals surface area (Å²) in [6, 6.07) is 27.2. The minimum absolute atomic E-state index is 0.590. The molecule has 4 heteroatoms. The molecule has 3 N–H and O–H groups in total. The van der Waals surface area contributed by atoms with E-state index >= 15 is 0 Å². The summed E-state index contributed by atoms with van der Waals surface area (Å²) in [6.07, 6.45) is 1.12. The first kappa shape index (κ1) is 19.8. The van der Waals surface area contributed by atoms with Crippen LogP contribution in [0.2, 0.25) is 5.02 Å². The molecule has 2 unspecified atom stereocenters. The number of nitrogens with two attached hydrogens (primary N) is 1. The number of nitrogens with zero attached hydrogens (tertiary/aromatic N) is 1. The quantitative estimate of drug-likeness (QED) is 0.543. The van der Waals surface area contributed by atoms with Gasteiger partial charge in [-0.2, -0.15) is 0 Å². The monoisotopic (exact) mass is 405 g/mol. The van der Waals surface area contributed by atoms with E-state index in [9.17, 15) is 0 Å². The maximum Gasteiger partial charge on any atom is 0.0430 e. The summed E-state index contributed by atoms with van der Waals surface area (Å²) in [6.45, 7) is 3.97. The predicted molar refractivity (Wildman–Crippen MR) is 123 cm³/mol. The van der Waals surface area contributed by atoms with Crippen LogP contribution in [0.4, 0.5) is 11.4 Å². The van der Waals surface area contributed by atoms with E-state index in [0.717, 1.165) is 43.3 Å². The van der Waals surface area contributed by atoms with E-state index in [2.05, 4.69) is 64.8 Å². The van der Waals surface area contributed by atoms with Gasteiger partial charge in [-0.25, -0.2) is 0 Å². The van der Waals surface area contributed by atoms with Crippen molar-refractivity contribution in [3.05, 3.63) is 95.0 Å². The minimum atomic E-state index is 0.590. The second-order valence-electron chi connectivity index (χ2n) is 7.97. The number of halogens is 1. The molecule has 0 aliphatic carbocycles. The fourth-order valence-corrected chi connectivity index (χ4v) is 4.39. The van der Waals surface area contributed by atoms with E-state index in [1.54, 1.807) is 0 Å². The summed E-state index contributed by atoms with van der Waals surface area (Å²) in [5, 5.41) is 4.38. The first-order valence-electron chi connectivity index (χ1n) is 10.3. The molecule has 2 atom stereocenters. The average molecular weight is 406 g/mol. The Morgan fingerprint density at radius 2 is 1.59 bits per heavy atom. The van der Waals surface area contributed by atoms with E-state index in [1.807, 2.05) is 24.3 Å². The number of hydrogen-bond donors (Lipinski definition) is 2. The van der Waals surface area contributed by atoms with Gasteiger partial charge in [-0.3, -0.25) is 0 Å². The molecule has 0 spiro atoms. The van der Waals surface area contributed by atoms with Gasteiger partial charge in [-0.05, 0) is 78.9 Å². The van der Waals surface area contributed by atoms with Crippen molar-refractivity contribution in [3.63, 3.8) is 0 Å². The fourth-order valence-electron chi connectivity index (χ4n) is 4.26. The Bertz CT molecular complexity index is 911.